The average molecular weight is 186 g/mol. The van der Waals surface area contributed by atoms with Crippen LogP contribution in [-0.2, 0) is 0 Å². The highest BCUT2D eigenvalue weighted by molar-refractivity contribution is 6.34. The molecule has 1 aromatic carbocycles. The van der Waals surface area contributed by atoms with Crippen LogP contribution in [0.3, 0.4) is 0 Å². The second-order valence-corrected chi connectivity index (χ2v) is 2.84. The van der Waals surface area contributed by atoms with Crippen molar-refractivity contribution in [3.63, 3.8) is 0 Å². The summed E-state index contributed by atoms with van der Waals surface area (Å²) < 4.78 is 4.60. The van der Waals surface area contributed by atoms with Gasteiger partial charge in [-0.15, -0.1) is 0 Å². The Labute approximate surface area is 75.7 Å². The van der Waals surface area contributed by atoms with E-state index in [0.717, 1.165) is 5.56 Å². The third-order valence-corrected chi connectivity index (χ3v) is 1.48. The fraction of sp³-hybridized carbons (Fsp3) is 0.143. The quantitative estimate of drug-likeness (QED) is 0.678. The molecule has 0 bridgehead atoms. The minimum Gasteiger partial charge on any atom is -0.512 e. The lowest BCUT2D eigenvalue weighted by molar-refractivity contribution is 0.288. The van der Waals surface area contributed by atoms with Gasteiger partial charge in [-0.2, -0.15) is 0 Å². The van der Waals surface area contributed by atoms with Crippen molar-refractivity contribution in [2.24, 2.45) is 0 Å². The van der Waals surface area contributed by atoms with Crippen molar-refractivity contribution in [2.75, 3.05) is 0 Å². The Hall–Kier alpha value is -0.705. The smallest absolute Gasteiger partial charge is 0.512 e. The molecule has 5 heteroatoms. The molecule has 0 amide bonds. The van der Waals surface area contributed by atoms with Crippen LogP contribution < -0.4 is 4.65 Å². The first-order chi connectivity index (χ1) is 5.58. The van der Waals surface area contributed by atoms with E-state index in [1.807, 2.05) is 6.92 Å². The maximum atomic E-state index is 8.48. The summed E-state index contributed by atoms with van der Waals surface area (Å²) in [7, 11) is -1.80. The average Bonchev–Trinajstić information content (AvgIpc) is 1.81. The monoisotopic (exact) mass is 186 g/mol. The highest BCUT2D eigenvalue weighted by Gasteiger charge is 2.11. The maximum absolute atomic E-state index is 8.48. The zero-order valence-electron chi connectivity index (χ0n) is 6.49. The van der Waals surface area contributed by atoms with Crippen molar-refractivity contribution >= 4 is 18.9 Å². The molecule has 64 valence electrons. The molecule has 1 aromatic rings. The Balaban J connectivity index is 2.85. The molecule has 12 heavy (non-hydrogen) atoms. The number of aryl methyl sites for hydroxylation is 1. The van der Waals surface area contributed by atoms with Crippen LogP contribution in [0, 0.1) is 6.92 Å². The van der Waals surface area contributed by atoms with Crippen molar-refractivity contribution < 1.29 is 14.7 Å². The molecule has 0 spiro atoms. The van der Waals surface area contributed by atoms with Crippen LogP contribution in [0.5, 0.6) is 5.75 Å². The molecule has 0 saturated heterocycles. The Morgan fingerprint density at radius 1 is 1.33 bits per heavy atom. The summed E-state index contributed by atoms with van der Waals surface area (Å²) in [5.74, 6) is 0.343. The summed E-state index contributed by atoms with van der Waals surface area (Å²) >= 11 is 5.69. The van der Waals surface area contributed by atoms with Gasteiger partial charge in [-0.25, -0.2) is 0 Å². The summed E-state index contributed by atoms with van der Waals surface area (Å²) in [6, 6.07) is 4.91. The summed E-state index contributed by atoms with van der Waals surface area (Å²) in [5, 5.41) is 17.5. The second-order valence-electron chi connectivity index (χ2n) is 2.41. The zero-order chi connectivity index (χ0) is 9.14. The molecule has 0 aliphatic carbocycles. The van der Waals surface area contributed by atoms with Gasteiger partial charge in [0.2, 0.25) is 0 Å². The molecule has 0 atom stereocenters. The van der Waals surface area contributed by atoms with Crippen molar-refractivity contribution in [3.05, 3.63) is 28.8 Å². The molecule has 0 aliphatic rings. The number of hydrogen-bond donors (Lipinski definition) is 2. The molecular formula is C7H8BClO3. The van der Waals surface area contributed by atoms with Crippen LogP contribution >= 0.6 is 11.6 Å². The summed E-state index contributed by atoms with van der Waals surface area (Å²) in [4.78, 5) is 0. The van der Waals surface area contributed by atoms with E-state index >= 15 is 0 Å². The van der Waals surface area contributed by atoms with Crippen LogP contribution in [0.2, 0.25) is 5.02 Å². The molecule has 0 radical (unpaired) electrons. The molecular weight excluding hydrogens is 178 g/mol. The second kappa shape index (κ2) is 3.80. The van der Waals surface area contributed by atoms with Crippen LogP contribution in [0.4, 0.5) is 0 Å². The molecule has 2 N–H and O–H groups in total. The van der Waals surface area contributed by atoms with Gasteiger partial charge in [-0.1, -0.05) is 11.6 Å². The Bertz CT molecular complexity index is 257. The predicted octanol–water partition coefficient (Wildman–Crippen LogP) is 0.997. The lowest BCUT2D eigenvalue weighted by Crippen LogP contribution is -2.20. The fourth-order valence-electron chi connectivity index (χ4n) is 0.893. The van der Waals surface area contributed by atoms with E-state index in [-0.39, 0.29) is 0 Å². The predicted molar refractivity (Wildman–Crippen MR) is 47.0 cm³/mol. The van der Waals surface area contributed by atoms with Gasteiger partial charge in [0.05, 0.1) is 0 Å². The van der Waals surface area contributed by atoms with Gasteiger partial charge in [0.15, 0.2) is 0 Å². The van der Waals surface area contributed by atoms with Crippen molar-refractivity contribution in [2.45, 2.75) is 6.92 Å². The van der Waals surface area contributed by atoms with Gasteiger partial charge in [0.25, 0.3) is 0 Å². The molecule has 0 aromatic heterocycles. The first-order valence-corrected chi connectivity index (χ1v) is 3.76. The van der Waals surface area contributed by atoms with Crippen LogP contribution in [0.15, 0.2) is 18.2 Å². The number of rotatable bonds is 2. The van der Waals surface area contributed by atoms with Crippen LogP contribution in [0.25, 0.3) is 0 Å². The Kier molecular flexibility index (Phi) is 2.97. The van der Waals surface area contributed by atoms with Gasteiger partial charge in [0, 0.05) is 5.02 Å². The maximum Gasteiger partial charge on any atom is 0.707 e. The summed E-state index contributed by atoms with van der Waals surface area (Å²) in [6.07, 6.45) is 0. The standard InChI is InChI=1S/C7H8BClO3/c1-5-2-6(9)4-7(3-5)12-8(10)11/h2-4,10-11H,1H3. The lowest BCUT2D eigenvalue weighted by atomic mass is 10.2. The molecule has 0 unspecified atom stereocenters. The summed E-state index contributed by atoms with van der Waals surface area (Å²) in [5.41, 5.74) is 0.901. The molecule has 3 nitrogen and oxygen atoms in total. The van der Waals surface area contributed by atoms with E-state index in [1.165, 1.54) is 6.07 Å². The summed E-state index contributed by atoms with van der Waals surface area (Å²) in [6.45, 7) is 1.84. The van der Waals surface area contributed by atoms with Crippen molar-refractivity contribution in [1.82, 2.24) is 0 Å². The fourth-order valence-corrected chi connectivity index (χ4v) is 1.17. The number of hydrogen-bond acceptors (Lipinski definition) is 3. The Morgan fingerprint density at radius 2 is 2.00 bits per heavy atom. The van der Waals surface area contributed by atoms with E-state index in [9.17, 15) is 0 Å². The topological polar surface area (TPSA) is 49.7 Å². The van der Waals surface area contributed by atoms with Crippen LogP contribution in [-0.4, -0.2) is 17.4 Å². The van der Waals surface area contributed by atoms with Gasteiger partial charge in [-0.05, 0) is 30.7 Å². The van der Waals surface area contributed by atoms with E-state index in [1.54, 1.807) is 12.1 Å². The molecule has 0 heterocycles. The first-order valence-electron chi connectivity index (χ1n) is 3.38. The van der Waals surface area contributed by atoms with Gasteiger partial charge >= 0.3 is 7.32 Å². The van der Waals surface area contributed by atoms with Crippen molar-refractivity contribution in [1.29, 1.82) is 0 Å². The van der Waals surface area contributed by atoms with Crippen molar-refractivity contribution in [3.8, 4) is 5.75 Å². The SMILES string of the molecule is Cc1cc(Cl)cc(OB(O)O)c1. The third-order valence-electron chi connectivity index (χ3n) is 1.26. The van der Waals surface area contributed by atoms with E-state index < -0.39 is 7.32 Å². The largest absolute Gasteiger partial charge is 0.707 e. The number of benzene rings is 1. The third kappa shape index (κ3) is 2.73. The normalized spacial score (nSPS) is 9.67. The van der Waals surface area contributed by atoms with Gasteiger partial charge in [-0.3, -0.25) is 0 Å². The Morgan fingerprint density at radius 3 is 2.50 bits per heavy atom. The molecule has 1 rings (SSSR count). The highest BCUT2D eigenvalue weighted by atomic mass is 35.5. The molecule has 0 saturated carbocycles. The van der Waals surface area contributed by atoms with Gasteiger partial charge < -0.3 is 14.7 Å². The number of halogens is 1. The van der Waals surface area contributed by atoms with E-state index in [0.29, 0.717) is 10.8 Å². The molecule has 0 fully saturated rings. The lowest BCUT2D eigenvalue weighted by Gasteiger charge is -2.05. The van der Waals surface area contributed by atoms with Crippen LogP contribution in [0.1, 0.15) is 5.56 Å². The minimum absolute atomic E-state index is 0.343. The first kappa shape index (κ1) is 9.38. The molecule has 0 aliphatic heterocycles. The van der Waals surface area contributed by atoms with E-state index in [4.69, 9.17) is 21.6 Å². The van der Waals surface area contributed by atoms with E-state index in [2.05, 4.69) is 4.65 Å². The highest BCUT2D eigenvalue weighted by Crippen LogP contribution is 2.20. The zero-order valence-corrected chi connectivity index (χ0v) is 7.25. The minimum atomic E-state index is -1.80. The van der Waals surface area contributed by atoms with Gasteiger partial charge in [0.1, 0.15) is 5.75 Å².